The number of benzene rings is 2. The predicted octanol–water partition coefficient (Wildman–Crippen LogP) is 4.60. The molecule has 2 heterocycles. The molecule has 6 heteroatoms. The highest BCUT2D eigenvalue weighted by molar-refractivity contribution is 7.15. The molecule has 0 bridgehead atoms. The minimum Gasteiger partial charge on any atom is -0.497 e. The number of methoxy groups -OCH3 is 1. The number of carbonyl (C=O) groups is 2. The second kappa shape index (κ2) is 6.89. The van der Waals surface area contributed by atoms with Gasteiger partial charge in [-0.15, -0.1) is 11.3 Å². The summed E-state index contributed by atoms with van der Waals surface area (Å²) in [5, 5.41) is 12.7. The molecule has 0 spiro atoms. The van der Waals surface area contributed by atoms with Crippen LogP contribution in [0.3, 0.4) is 0 Å². The Labute approximate surface area is 160 Å². The number of carboxylic acid groups (broad SMARTS) is 1. The number of aromatic carboxylic acids is 1. The van der Waals surface area contributed by atoms with Gasteiger partial charge in [0.2, 0.25) is 5.91 Å². The number of nitrogens with one attached hydrogen (secondary N) is 1. The van der Waals surface area contributed by atoms with Crippen LogP contribution >= 0.6 is 11.3 Å². The second-order valence-corrected chi connectivity index (χ2v) is 7.35. The van der Waals surface area contributed by atoms with Crippen LogP contribution in [-0.2, 0) is 4.79 Å². The maximum atomic E-state index is 12.4. The number of hydrogen-bond donors (Lipinski definition) is 2. The van der Waals surface area contributed by atoms with Gasteiger partial charge < -0.3 is 15.2 Å². The van der Waals surface area contributed by atoms with Gasteiger partial charge in [-0.05, 0) is 23.3 Å². The fraction of sp³-hybridized carbons (Fsp3) is 0.143. The predicted molar refractivity (Wildman–Crippen MR) is 105 cm³/mol. The maximum Gasteiger partial charge on any atom is 0.346 e. The molecule has 0 saturated heterocycles. The number of ether oxygens (including phenoxy) is 1. The third-order valence-electron chi connectivity index (χ3n) is 4.68. The van der Waals surface area contributed by atoms with Crippen molar-refractivity contribution in [3.63, 3.8) is 0 Å². The highest BCUT2D eigenvalue weighted by Crippen LogP contribution is 2.49. The van der Waals surface area contributed by atoms with Gasteiger partial charge in [-0.25, -0.2) is 4.79 Å². The quantitative estimate of drug-likeness (QED) is 0.695. The van der Waals surface area contributed by atoms with Crippen LogP contribution in [0.2, 0.25) is 0 Å². The number of thiophene rings is 1. The summed E-state index contributed by atoms with van der Waals surface area (Å²) in [5.41, 5.74) is 2.90. The lowest BCUT2D eigenvalue weighted by atomic mass is 9.89. The van der Waals surface area contributed by atoms with Crippen LogP contribution in [0.25, 0.3) is 11.1 Å². The van der Waals surface area contributed by atoms with E-state index in [0.717, 1.165) is 16.0 Å². The molecule has 0 aliphatic carbocycles. The first-order valence-corrected chi connectivity index (χ1v) is 9.29. The van der Waals surface area contributed by atoms with Crippen LogP contribution in [0, 0.1) is 0 Å². The molecular formula is C21H17NO4S. The Kier molecular flexibility index (Phi) is 4.41. The summed E-state index contributed by atoms with van der Waals surface area (Å²) in [7, 11) is 1.58. The fourth-order valence-corrected chi connectivity index (χ4v) is 4.67. The van der Waals surface area contributed by atoms with Gasteiger partial charge in [-0.1, -0.05) is 42.5 Å². The van der Waals surface area contributed by atoms with Crippen molar-refractivity contribution in [1.29, 1.82) is 0 Å². The Bertz CT molecular complexity index is 1010. The average Bonchev–Trinajstić information content (AvgIpc) is 3.07. The monoisotopic (exact) mass is 379 g/mol. The van der Waals surface area contributed by atoms with Crippen LogP contribution < -0.4 is 10.1 Å². The van der Waals surface area contributed by atoms with E-state index in [0.29, 0.717) is 23.4 Å². The number of carboxylic acids is 1. The Hall–Kier alpha value is -3.12. The molecule has 5 nitrogen and oxygen atoms in total. The van der Waals surface area contributed by atoms with Gasteiger partial charge in [0.25, 0.3) is 0 Å². The lowest BCUT2D eigenvalue weighted by Gasteiger charge is -2.23. The molecule has 0 saturated carbocycles. The Morgan fingerprint density at radius 2 is 1.85 bits per heavy atom. The topological polar surface area (TPSA) is 75.6 Å². The summed E-state index contributed by atoms with van der Waals surface area (Å²) in [6.07, 6.45) is 0.304. The Morgan fingerprint density at radius 3 is 2.48 bits per heavy atom. The number of carbonyl (C=O) groups excluding carboxylic acids is 1. The summed E-state index contributed by atoms with van der Waals surface area (Å²) in [6, 6.07) is 16.9. The molecule has 3 aromatic rings. The lowest BCUT2D eigenvalue weighted by molar-refractivity contribution is -0.116. The van der Waals surface area contributed by atoms with Gasteiger partial charge in [0.1, 0.15) is 10.6 Å². The molecule has 1 aliphatic heterocycles. The van der Waals surface area contributed by atoms with Gasteiger partial charge in [0.15, 0.2) is 0 Å². The summed E-state index contributed by atoms with van der Waals surface area (Å²) in [6.45, 7) is 0. The largest absolute Gasteiger partial charge is 0.497 e. The summed E-state index contributed by atoms with van der Waals surface area (Å²) >= 11 is 1.23. The van der Waals surface area contributed by atoms with Crippen LogP contribution in [0.1, 0.15) is 32.5 Å². The van der Waals surface area contributed by atoms with Gasteiger partial charge in [-0.3, -0.25) is 4.79 Å². The first-order chi connectivity index (χ1) is 13.1. The molecule has 1 aliphatic rings. The first kappa shape index (κ1) is 17.3. The zero-order chi connectivity index (χ0) is 19.0. The minimum absolute atomic E-state index is 0.110. The summed E-state index contributed by atoms with van der Waals surface area (Å²) in [5.74, 6) is -0.571. The number of hydrogen-bond acceptors (Lipinski definition) is 4. The molecule has 1 aromatic heterocycles. The van der Waals surface area contributed by atoms with Crippen molar-refractivity contribution in [2.24, 2.45) is 0 Å². The highest BCUT2D eigenvalue weighted by Gasteiger charge is 2.34. The van der Waals surface area contributed by atoms with Crippen molar-refractivity contribution in [3.05, 3.63) is 69.9 Å². The van der Waals surface area contributed by atoms with E-state index >= 15 is 0 Å². The van der Waals surface area contributed by atoms with E-state index in [1.807, 2.05) is 42.5 Å². The van der Waals surface area contributed by atoms with Crippen LogP contribution in [0.5, 0.6) is 5.75 Å². The minimum atomic E-state index is -0.999. The molecule has 0 radical (unpaired) electrons. The molecule has 2 N–H and O–H groups in total. The molecular weight excluding hydrogens is 362 g/mol. The average molecular weight is 379 g/mol. The van der Waals surface area contributed by atoms with Crippen molar-refractivity contribution < 1.29 is 19.4 Å². The number of fused-ring (bicyclic) bond motifs is 1. The van der Waals surface area contributed by atoms with E-state index in [1.165, 1.54) is 11.3 Å². The number of amides is 1. The fourth-order valence-electron chi connectivity index (χ4n) is 3.43. The molecule has 1 unspecified atom stereocenters. The third-order valence-corrected chi connectivity index (χ3v) is 5.97. The van der Waals surface area contributed by atoms with Crippen LogP contribution in [0.15, 0.2) is 54.6 Å². The lowest BCUT2D eigenvalue weighted by Crippen LogP contribution is -2.22. The van der Waals surface area contributed by atoms with E-state index in [1.54, 1.807) is 19.2 Å². The van der Waals surface area contributed by atoms with Crippen LogP contribution in [0.4, 0.5) is 5.69 Å². The smallest absolute Gasteiger partial charge is 0.346 e. The summed E-state index contributed by atoms with van der Waals surface area (Å²) in [4.78, 5) is 25.4. The second-order valence-electron chi connectivity index (χ2n) is 6.29. The molecule has 2 aromatic carbocycles. The van der Waals surface area contributed by atoms with E-state index in [9.17, 15) is 14.7 Å². The first-order valence-electron chi connectivity index (χ1n) is 8.47. The maximum absolute atomic E-state index is 12.4. The third kappa shape index (κ3) is 3.08. The van der Waals surface area contributed by atoms with Gasteiger partial charge in [0.05, 0.1) is 12.8 Å². The van der Waals surface area contributed by atoms with Crippen molar-refractivity contribution in [3.8, 4) is 16.9 Å². The zero-order valence-corrected chi connectivity index (χ0v) is 15.4. The molecule has 27 heavy (non-hydrogen) atoms. The van der Waals surface area contributed by atoms with E-state index in [4.69, 9.17) is 4.74 Å². The standard InChI is InChI=1S/C21H17NO4S/c1-26-14-9-7-13(8-10-14)17-18-19(27-20(17)21(24)25)15(11-16(23)22-18)12-5-3-2-4-6-12/h2-10,15H,11H2,1H3,(H,22,23)(H,24,25). The van der Waals surface area contributed by atoms with E-state index in [-0.39, 0.29) is 16.7 Å². The van der Waals surface area contributed by atoms with Crippen LogP contribution in [-0.4, -0.2) is 24.1 Å². The van der Waals surface area contributed by atoms with Crippen molar-refractivity contribution in [2.75, 3.05) is 12.4 Å². The van der Waals surface area contributed by atoms with Gasteiger partial charge in [0, 0.05) is 22.8 Å². The number of rotatable bonds is 4. The van der Waals surface area contributed by atoms with Gasteiger partial charge in [-0.2, -0.15) is 0 Å². The summed E-state index contributed by atoms with van der Waals surface area (Å²) < 4.78 is 5.19. The van der Waals surface area contributed by atoms with Gasteiger partial charge >= 0.3 is 5.97 Å². The van der Waals surface area contributed by atoms with Crippen molar-refractivity contribution in [1.82, 2.24) is 0 Å². The molecule has 136 valence electrons. The van der Waals surface area contributed by atoms with E-state index in [2.05, 4.69) is 5.32 Å². The van der Waals surface area contributed by atoms with E-state index < -0.39 is 5.97 Å². The molecule has 0 fully saturated rings. The Balaban J connectivity index is 1.91. The molecule has 1 atom stereocenters. The SMILES string of the molecule is COc1ccc(-c2c(C(=O)O)sc3c2NC(=O)CC3c2ccccc2)cc1. The Morgan fingerprint density at radius 1 is 1.15 bits per heavy atom. The van der Waals surface area contributed by atoms with Crippen molar-refractivity contribution in [2.45, 2.75) is 12.3 Å². The highest BCUT2D eigenvalue weighted by atomic mass is 32.1. The normalized spacial score (nSPS) is 15.7. The van der Waals surface area contributed by atoms with Crippen molar-refractivity contribution >= 4 is 28.9 Å². The zero-order valence-electron chi connectivity index (χ0n) is 14.6. The molecule has 4 rings (SSSR count). The number of anilines is 1. The molecule has 1 amide bonds.